The van der Waals surface area contributed by atoms with Crippen molar-refractivity contribution < 1.29 is 14.3 Å². The summed E-state index contributed by atoms with van der Waals surface area (Å²) in [6.07, 6.45) is 2.01. The number of benzene rings is 1. The van der Waals surface area contributed by atoms with E-state index in [0.717, 1.165) is 19.4 Å². The van der Waals surface area contributed by atoms with Gasteiger partial charge in [-0.05, 0) is 29.0 Å². The Balaban J connectivity index is 2.18. The van der Waals surface area contributed by atoms with Crippen LogP contribution in [0.3, 0.4) is 0 Å². The van der Waals surface area contributed by atoms with Crippen molar-refractivity contribution in [3.63, 3.8) is 0 Å². The molecule has 2 rings (SSSR count). The zero-order chi connectivity index (χ0) is 15.9. The van der Waals surface area contributed by atoms with Gasteiger partial charge in [0.15, 0.2) is 17.3 Å². The summed E-state index contributed by atoms with van der Waals surface area (Å²) in [5.74, 6) is 0.723. The monoisotopic (exact) mass is 305 g/mol. The molecule has 2 aromatic rings. The number of hydrogen-bond acceptors (Lipinski definition) is 6. The van der Waals surface area contributed by atoms with Crippen molar-refractivity contribution in [1.29, 1.82) is 0 Å². The third-order valence-electron chi connectivity index (χ3n) is 3.14. The van der Waals surface area contributed by atoms with Gasteiger partial charge in [0.2, 0.25) is 0 Å². The Labute approximate surface area is 128 Å². The second-order valence-electron chi connectivity index (χ2n) is 4.66. The number of aromatic nitrogens is 4. The average Bonchev–Trinajstić information content (AvgIpc) is 2.97. The minimum Gasteiger partial charge on any atom is -0.493 e. The molecule has 0 fully saturated rings. The topological polar surface area (TPSA) is 105 Å². The fourth-order valence-electron chi connectivity index (χ4n) is 1.96. The summed E-state index contributed by atoms with van der Waals surface area (Å²) in [6.45, 7) is 2.93. The van der Waals surface area contributed by atoms with Crippen LogP contribution in [0.5, 0.6) is 11.5 Å². The first-order chi connectivity index (χ1) is 10.7. The summed E-state index contributed by atoms with van der Waals surface area (Å²) in [5.41, 5.74) is 5.62. The lowest BCUT2D eigenvalue weighted by atomic mass is 10.2. The van der Waals surface area contributed by atoms with E-state index in [-0.39, 0.29) is 12.2 Å². The standard InChI is InChI=1S/C14H19N5O3/c1-3-4-8-19-12(16-17-18-19)9-22-13-10(14(15)20)6-5-7-11(13)21-2/h5-7H,3-4,8-9H2,1-2H3,(H2,15,20). The van der Waals surface area contributed by atoms with Crippen LogP contribution in [-0.2, 0) is 13.2 Å². The third kappa shape index (κ3) is 3.51. The number of primary amides is 1. The molecular weight excluding hydrogens is 286 g/mol. The van der Waals surface area contributed by atoms with Crippen LogP contribution in [0.2, 0.25) is 0 Å². The van der Waals surface area contributed by atoms with Crippen molar-refractivity contribution in [3.8, 4) is 11.5 Å². The van der Waals surface area contributed by atoms with Crippen LogP contribution in [0.15, 0.2) is 18.2 Å². The second kappa shape index (κ2) is 7.39. The molecule has 1 aromatic carbocycles. The van der Waals surface area contributed by atoms with Gasteiger partial charge >= 0.3 is 0 Å². The predicted molar refractivity (Wildman–Crippen MR) is 78.6 cm³/mol. The Morgan fingerprint density at radius 1 is 1.41 bits per heavy atom. The normalized spacial score (nSPS) is 10.5. The number of ether oxygens (including phenoxy) is 2. The number of para-hydroxylation sites is 1. The van der Waals surface area contributed by atoms with Gasteiger partial charge in [0.05, 0.1) is 12.7 Å². The largest absolute Gasteiger partial charge is 0.493 e. The van der Waals surface area contributed by atoms with Gasteiger partial charge in [-0.2, -0.15) is 0 Å². The molecule has 0 saturated heterocycles. The maximum Gasteiger partial charge on any atom is 0.252 e. The molecule has 0 aliphatic carbocycles. The number of carbonyl (C=O) groups is 1. The van der Waals surface area contributed by atoms with Crippen molar-refractivity contribution in [3.05, 3.63) is 29.6 Å². The highest BCUT2D eigenvalue weighted by atomic mass is 16.5. The van der Waals surface area contributed by atoms with E-state index in [1.807, 2.05) is 0 Å². The molecule has 0 unspecified atom stereocenters. The fourth-order valence-corrected chi connectivity index (χ4v) is 1.96. The van der Waals surface area contributed by atoms with Gasteiger partial charge in [-0.1, -0.05) is 19.4 Å². The van der Waals surface area contributed by atoms with Crippen molar-refractivity contribution in [2.24, 2.45) is 5.73 Å². The first kappa shape index (κ1) is 15.7. The zero-order valence-electron chi connectivity index (χ0n) is 12.7. The number of hydrogen-bond donors (Lipinski definition) is 1. The maximum absolute atomic E-state index is 11.5. The number of aryl methyl sites for hydroxylation is 1. The molecule has 0 saturated carbocycles. The minimum absolute atomic E-state index is 0.122. The van der Waals surface area contributed by atoms with Gasteiger partial charge in [-0.3, -0.25) is 4.79 Å². The van der Waals surface area contributed by atoms with Gasteiger partial charge in [0.1, 0.15) is 6.61 Å². The maximum atomic E-state index is 11.5. The summed E-state index contributed by atoms with van der Waals surface area (Å²) < 4.78 is 12.6. The highest BCUT2D eigenvalue weighted by Crippen LogP contribution is 2.31. The quantitative estimate of drug-likeness (QED) is 0.784. The van der Waals surface area contributed by atoms with Crippen LogP contribution in [0.1, 0.15) is 35.9 Å². The number of tetrazole rings is 1. The summed E-state index contributed by atoms with van der Waals surface area (Å²) >= 11 is 0. The molecule has 2 N–H and O–H groups in total. The summed E-state index contributed by atoms with van der Waals surface area (Å²) in [4.78, 5) is 11.5. The Kier molecular flexibility index (Phi) is 5.29. The minimum atomic E-state index is -0.584. The molecule has 1 aromatic heterocycles. The molecule has 8 heteroatoms. The van der Waals surface area contributed by atoms with Crippen LogP contribution in [0.4, 0.5) is 0 Å². The van der Waals surface area contributed by atoms with Crippen molar-refractivity contribution in [2.75, 3.05) is 7.11 Å². The van der Waals surface area contributed by atoms with Crippen molar-refractivity contribution in [1.82, 2.24) is 20.2 Å². The first-order valence-electron chi connectivity index (χ1n) is 7.02. The molecule has 1 heterocycles. The van der Waals surface area contributed by atoms with Crippen LogP contribution in [-0.4, -0.2) is 33.2 Å². The fraction of sp³-hybridized carbons (Fsp3) is 0.429. The van der Waals surface area contributed by atoms with Crippen molar-refractivity contribution >= 4 is 5.91 Å². The summed E-state index contributed by atoms with van der Waals surface area (Å²) in [7, 11) is 1.50. The highest BCUT2D eigenvalue weighted by molar-refractivity contribution is 5.96. The highest BCUT2D eigenvalue weighted by Gasteiger charge is 2.16. The number of amides is 1. The van der Waals surface area contributed by atoms with E-state index in [2.05, 4.69) is 22.4 Å². The lowest BCUT2D eigenvalue weighted by molar-refractivity contribution is 0.0994. The lowest BCUT2D eigenvalue weighted by Gasteiger charge is -2.13. The van der Waals surface area contributed by atoms with E-state index in [0.29, 0.717) is 17.3 Å². The van der Waals surface area contributed by atoms with Gasteiger partial charge in [0, 0.05) is 6.54 Å². The van der Waals surface area contributed by atoms with Gasteiger partial charge in [-0.25, -0.2) is 4.68 Å². The summed E-state index contributed by atoms with van der Waals surface area (Å²) in [6, 6.07) is 4.96. The number of methoxy groups -OCH3 is 1. The molecule has 0 radical (unpaired) electrons. The van der Waals surface area contributed by atoms with Crippen LogP contribution in [0, 0.1) is 0 Å². The molecule has 22 heavy (non-hydrogen) atoms. The predicted octanol–water partition coefficient (Wildman–Crippen LogP) is 1.16. The number of nitrogens with two attached hydrogens (primary N) is 1. The number of nitrogens with zero attached hydrogens (tertiary/aromatic N) is 4. The molecular formula is C14H19N5O3. The third-order valence-corrected chi connectivity index (χ3v) is 3.14. The molecule has 118 valence electrons. The van der Waals surface area contributed by atoms with Gasteiger partial charge in [-0.15, -0.1) is 5.10 Å². The Bertz CT molecular complexity index is 641. The number of carbonyl (C=O) groups excluding carboxylic acids is 1. The number of unbranched alkanes of at least 4 members (excludes halogenated alkanes) is 1. The van der Waals surface area contributed by atoms with Crippen LogP contribution < -0.4 is 15.2 Å². The van der Waals surface area contributed by atoms with Crippen molar-refractivity contribution in [2.45, 2.75) is 32.9 Å². The first-order valence-corrected chi connectivity index (χ1v) is 7.02. The molecule has 0 aliphatic heterocycles. The molecule has 0 atom stereocenters. The number of rotatable bonds is 8. The average molecular weight is 305 g/mol. The Hall–Kier alpha value is -2.64. The van der Waals surface area contributed by atoms with E-state index >= 15 is 0 Å². The van der Waals surface area contributed by atoms with Crippen LogP contribution in [0.25, 0.3) is 0 Å². The Morgan fingerprint density at radius 3 is 2.91 bits per heavy atom. The Morgan fingerprint density at radius 2 is 2.23 bits per heavy atom. The van der Waals surface area contributed by atoms with Crippen LogP contribution >= 0.6 is 0 Å². The molecule has 1 amide bonds. The second-order valence-corrected chi connectivity index (χ2v) is 4.66. The molecule has 0 spiro atoms. The van der Waals surface area contributed by atoms with E-state index in [1.54, 1.807) is 22.9 Å². The molecule has 0 aliphatic rings. The van der Waals surface area contributed by atoms with E-state index in [4.69, 9.17) is 15.2 Å². The van der Waals surface area contributed by atoms with Gasteiger partial charge < -0.3 is 15.2 Å². The smallest absolute Gasteiger partial charge is 0.252 e. The summed E-state index contributed by atoms with van der Waals surface area (Å²) in [5, 5.41) is 11.5. The van der Waals surface area contributed by atoms with E-state index in [9.17, 15) is 4.79 Å². The van der Waals surface area contributed by atoms with Gasteiger partial charge in [0.25, 0.3) is 5.91 Å². The molecule has 8 nitrogen and oxygen atoms in total. The van der Waals surface area contributed by atoms with E-state index < -0.39 is 5.91 Å². The lowest BCUT2D eigenvalue weighted by Crippen LogP contribution is -2.15. The molecule has 0 bridgehead atoms. The zero-order valence-corrected chi connectivity index (χ0v) is 12.7. The SMILES string of the molecule is CCCCn1nnnc1COc1c(OC)cccc1C(N)=O. The van der Waals surface area contributed by atoms with E-state index in [1.165, 1.54) is 7.11 Å².